The number of anilines is 1. The molecule has 1 saturated carbocycles. The SMILES string of the molecule is COc1ccc([C@H]2C3=CC[C@@H]4C(=O)N(CCCC(=O)O)C(=O)[C@@H]4[C@@H]3C[C@H]3C(=O)N(c4ccc(F)c(Cl)c4)C(=O)[C@@]23C)cc1O. The maximum Gasteiger partial charge on any atom is 0.303 e. The van der Waals surface area contributed by atoms with Crippen molar-refractivity contribution >= 4 is 46.9 Å². The zero-order valence-electron chi connectivity index (χ0n) is 24.0. The van der Waals surface area contributed by atoms with E-state index >= 15 is 0 Å². The first-order valence-electron chi connectivity index (χ1n) is 14.4. The number of amides is 4. The molecule has 0 bridgehead atoms. The number of hydrogen-bond acceptors (Lipinski definition) is 7. The highest BCUT2D eigenvalue weighted by molar-refractivity contribution is 6.31. The van der Waals surface area contributed by atoms with Crippen molar-refractivity contribution in [2.24, 2.45) is 29.1 Å². The highest BCUT2D eigenvalue weighted by Crippen LogP contribution is 2.64. The molecule has 2 aromatic carbocycles. The van der Waals surface area contributed by atoms with E-state index in [1.807, 2.05) is 6.08 Å². The molecule has 4 aliphatic rings. The first kappa shape index (κ1) is 29.8. The van der Waals surface area contributed by atoms with Crippen molar-refractivity contribution in [3.05, 3.63) is 64.5 Å². The summed E-state index contributed by atoms with van der Waals surface area (Å²) in [5.41, 5.74) is 0.00891. The Kier molecular flexibility index (Phi) is 7.27. The fourth-order valence-electron chi connectivity index (χ4n) is 7.83. The number of methoxy groups -OCH3 is 1. The Morgan fingerprint density at radius 1 is 1.09 bits per heavy atom. The van der Waals surface area contributed by atoms with Gasteiger partial charge in [0.05, 0.1) is 41.0 Å². The lowest BCUT2D eigenvalue weighted by atomic mass is 9.51. The molecular weight excluding hydrogens is 595 g/mol. The van der Waals surface area contributed by atoms with Crippen LogP contribution < -0.4 is 9.64 Å². The molecule has 0 unspecified atom stereocenters. The standard InChI is InChI=1S/C32H30ClFN2O8/c1-32-20(29(41)36(31(32)43)16-6-9-22(34)21(33)13-16)14-19-17(27(32)15-5-10-24(44-2)23(37)12-15)7-8-18-26(19)30(42)35(28(18)40)11-3-4-25(38)39/h5-7,9-10,12-13,18-20,26-27,37H,3-4,8,11,14H2,1-2H3,(H,38,39)/t18-,19+,20-,26-,27-,32+/m0/s1. The smallest absolute Gasteiger partial charge is 0.303 e. The topological polar surface area (TPSA) is 142 Å². The number of likely N-dealkylation sites (tertiary alicyclic amines) is 1. The molecule has 2 aromatic rings. The van der Waals surface area contributed by atoms with Crippen LogP contribution in [0.2, 0.25) is 5.02 Å². The Labute approximate surface area is 257 Å². The molecule has 2 N–H and O–H groups in total. The van der Waals surface area contributed by atoms with Crippen LogP contribution in [0.5, 0.6) is 11.5 Å². The zero-order valence-corrected chi connectivity index (χ0v) is 24.7. The van der Waals surface area contributed by atoms with Crippen molar-refractivity contribution in [3.63, 3.8) is 0 Å². The first-order valence-corrected chi connectivity index (χ1v) is 14.7. The maximum atomic E-state index is 14.4. The number of carbonyl (C=O) groups is 5. The molecule has 44 heavy (non-hydrogen) atoms. The second-order valence-electron chi connectivity index (χ2n) is 12.0. The van der Waals surface area contributed by atoms with E-state index in [0.717, 1.165) is 21.4 Å². The minimum Gasteiger partial charge on any atom is -0.504 e. The minimum atomic E-state index is -1.36. The second kappa shape index (κ2) is 10.7. The third kappa shape index (κ3) is 4.31. The third-order valence-electron chi connectivity index (χ3n) is 9.84. The van der Waals surface area contributed by atoms with Crippen molar-refractivity contribution in [2.45, 2.75) is 38.5 Å². The summed E-state index contributed by atoms with van der Waals surface area (Å²) in [6, 6.07) is 8.36. The number of aromatic hydroxyl groups is 1. The highest BCUT2D eigenvalue weighted by atomic mass is 35.5. The Morgan fingerprint density at radius 2 is 1.84 bits per heavy atom. The lowest BCUT2D eigenvalue weighted by Crippen LogP contribution is -2.48. The predicted octanol–water partition coefficient (Wildman–Crippen LogP) is 4.29. The van der Waals surface area contributed by atoms with Crippen LogP contribution in [-0.2, 0) is 24.0 Å². The van der Waals surface area contributed by atoms with Gasteiger partial charge in [-0.05, 0) is 68.0 Å². The molecule has 10 nitrogen and oxygen atoms in total. The summed E-state index contributed by atoms with van der Waals surface area (Å²) in [5, 5.41) is 19.5. The summed E-state index contributed by atoms with van der Waals surface area (Å²) in [6.45, 7) is 1.67. The number of fused-ring (bicyclic) bond motifs is 4. The van der Waals surface area contributed by atoms with Crippen LogP contribution in [0.1, 0.15) is 44.1 Å². The first-order chi connectivity index (χ1) is 20.9. The molecule has 2 aliphatic heterocycles. The number of nitrogens with zero attached hydrogens (tertiary/aromatic N) is 2. The van der Waals surface area contributed by atoms with Gasteiger partial charge in [-0.2, -0.15) is 0 Å². The van der Waals surface area contributed by atoms with E-state index in [-0.39, 0.29) is 60.3 Å². The molecule has 0 radical (unpaired) electrons. The van der Waals surface area contributed by atoms with Crippen molar-refractivity contribution in [2.75, 3.05) is 18.6 Å². The van der Waals surface area contributed by atoms with Crippen LogP contribution in [0.25, 0.3) is 0 Å². The lowest BCUT2D eigenvalue weighted by molar-refractivity contribution is -0.142. The van der Waals surface area contributed by atoms with Crippen LogP contribution in [0.3, 0.4) is 0 Å². The Balaban J connectivity index is 1.46. The van der Waals surface area contributed by atoms with Crippen molar-refractivity contribution in [3.8, 4) is 11.5 Å². The van der Waals surface area contributed by atoms with Crippen LogP contribution in [0.4, 0.5) is 10.1 Å². The number of rotatable bonds is 7. The fourth-order valence-corrected chi connectivity index (χ4v) is 8.00. The molecule has 6 atom stereocenters. The maximum absolute atomic E-state index is 14.4. The number of benzene rings is 2. The van der Waals surface area contributed by atoms with Gasteiger partial charge in [0.25, 0.3) is 0 Å². The van der Waals surface area contributed by atoms with Crippen LogP contribution in [0, 0.1) is 34.9 Å². The number of hydrogen-bond donors (Lipinski definition) is 2. The lowest BCUT2D eigenvalue weighted by Gasteiger charge is -2.49. The van der Waals surface area contributed by atoms with Gasteiger partial charge in [-0.3, -0.25) is 28.9 Å². The van der Waals surface area contributed by atoms with Gasteiger partial charge in [-0.25, -0.2) is 9.29 Å². The Hall–Kier alpha value is -4.25. The van der Waals surface area contributed by atoms with Crippen LogP contribution >= 0.6 is 11.6 Å². The van der Waals surface area contributed by atoms with Gasteiger partial charge < -0.3 is 14.9 Å². The number of phenolic OH excluding ortho intramolecular Hbond substituents is 1. The van der Waals surface area contributed by atoms with Crippen LogP contribution in [0.15, 0.2) is 48.0 Å². The van der Waals surface area contributed by atoms with E-state index in [4.69, 9.17) is 21.4 Å². The summed E-state index contributed by atoms with van der Waals surface area (Å²) >= 11 is 6.02. The zero-order chi connectivity index (χ0) is 31.7. The van der Waals surface area contributed by atoms with E-state index in [9.17, 15) is 33.5 Å². The van der Waals surface area contributed by atoms with E-state index < -0.39 is 64.5 Å². The molecule has 4 amide bonds. The summed E-state index contributed by atoms with van der Waals surface area (Å²) < 4.78 is 19.2. The Bertz CT molecular complexity index is 1660. The number of carboxylic acid groups (broad SMARTS) is 1. The summed E-state index contributed by atoms with van der Waals surface area (Å²) in [5.74, 6) is -7.24. The molecular formula is C32H30ClFN2O8. The molecule has 2 heterocycles. The van der Waals surface area contributed by atoms with Gasteiger partial charge in [0.15, 0.2) is 11.5 Å². The quantitative estimate of drug-likeness (QED) is 0.343. The minimum absolute atomic E-state index is 0.0214. The summed E-state index contributed by atoms with van der Waals surface area (Å²) in [4.78, 5) is 68.9. The number of ether oxygens (including phenoxy) is 1. The highest BCUT2D eigenvalue weighted by Gasteiger charge is 2.67. The van der Waals surface area contributed by atoms with Crippen molar-refractivity contribution < 1.29 is 43.3 Å². The number of carbonyl (C=O) groups excluding carboxylic acids is 4. The molecule has 0 aromatic heterocycles. The van der Waals surface area contributed by atoms with E-state index in [2.05, 4.69) is 0 Å². The number of carboxylic acids is 1. The average Bonchev–Trinajstić information content (AvgIpc) is 3.34. The van der Waals surface area contributed by atoms with Crippen LogP contribution in [-0.4, -0.2) is 58.4 Å². The molecule has 12 heteroatoms. The van der Waals surface area contributed by atoms with E-state index in [1.54, 1.807) is 19.1 Å². The van der Waals surface area contributed by atoms with Crippen molar-refractivity contribution in [1.82, 2.24) is 4.90 Å². The summed E-state index contributed by atoms with van der Waals surface area (Å²) in [7, 11) is 1.41. The number of aliphatic carboxylic acids is 1. The Morgan fingerprint density at radius 3 is 2.50 bits per heavy atom. The average molecular weight is 625 g/mol. The summed E-state index contributed by atoms with van der Waals surface area (Å²) in [6.07, 6.45) is 2.15. The largest absolute Gasteiger partial charge is 0.504 e. The molecule has 3 fully saturated rings. The van der Waals surface area contributed by atoms with E-state index in [1.165, 1.54) is 25.3 Å². The molecule has 230 valence electrons. The van der Waals surface area contributed by atoms with Gasteiger partial charge in [-0.15, -0.1) is 0 Å². The van der Waals surface area contributed by atoms with Crippen molar-refractivity contribution in [1.29, 1.82) is 0 Å². The van der Waals surface area contributed by atoms with Gasteiger partial charge in [0, 0.05) is 18.9 Å². The molecule has 0 spiro atoms. The fraction of sp³-hybridized carbons (Fsp3) is 0.406. The van der Waals surface area contributed by atoms with Gasteiger partial charge >= 0.3 is 5.97 Å². The normalized spacial score (nSPS) is 29.4. The molecule has 2 aliphatic carbocycles. The number of allylic oxidation sites excluding steroid dienone is 2. The van der Waals surface area contributed by atoms with E-state index in [0.29, 0.717) is 5.56 Å². The number of imide groups is 2. The third-order valence-corrected chi connectivity index (χ3v) is 10.1. The predicted molar refractivity (Wildman–Crippen MR) is 154 cm³/mol. The number of halogens is 2. The van der Waals surface area contributed by atoms with Gasteiger partial charge in [-0.1, -0.05) is 29.3 Å². The second-order valence-corrected chi connectivity index (χ2v) is 12.4. The molecule has 2 saturated heterocycles. The van der Waals surface area contributed by atoms with Gasteiger partial charge in [0.2, 0.25) is 23.6 Å². The monoisotopic (exact) mass is 624 g/mol. The molecule has 6 rings (SSSR count). The van der Waals surface area contributed by atoms with Gasteiger partial charge in [0.1, 0.15) is 5.82 Å². The number of phenols is 1.